The minimum atomic E-state index is -0.736. The van der Waals surface area contributed by atoms with Gasteiger partial charge in [-0.1, -0.05) is 13.8 Å². The van der Waals surface area contributed by atoms with Crippen molar-refractivity contribution in [3.05, 3.63) is 0 Å². The Morgan fingerprint density at radius 2 is 2.15 bits per heavy atom. The van der Waals surface area contributed by atoms with Crippen molar-refractivity contribution in [2.75, 3.05) is 12.3 Å². The third-order valence-corrected chi connectivity index (χ3v) is 3.21. The molecule has 0 bridgehead atoms. The summed E-state index contributed by atoms with van der Waals surface area (Å²) in [5.74, 6) is 0.362. The van der Waals surface area contributed by atoms with Gasteiger partial charge in [0.2, 0.25) is 0 Å². The first kappa shape index (κ1) is 12.8. The largest absolute Gasteiger partial charge is 0.480 e. The third kappa shape index (κ3) is 4.52. The van der Waals surface area contributed by atoms with Crippen molar-refractivity contribution < 1.29 is 9.90 Å². The minimum absolute atomic E-state index is 0.395. The summed E-state index contributed by atoms with van der Waals surface area (Å²) >= 11 is 1.44. The van der Waals surface area contributed by atoms with E-state index in [4.69, 9.17) is 10.8 Å². The quantitative estimate of drug-likeness (QED) is 0.691. The second-order valence-electron chi connectivity index (χ2n) is 3.77. The van der Waals surface area contributed by atoms with Crippen LogP contribution >= 0.6 is 11.8 Å². The second kappa shape index (κ2) is 5.50. The second-order valence-corrected chi connectivity index (χ2v) is 5.37. The molecule has 13 heavy (non-hydrogen) atoms. The standard InChI is InChI=1S/C9H19NO2S/c1-7(2)6-9(3,8(11)12)13-5-4-10/h7H,4-6,10H2,1-3H3,(H,11,12). The molecule has 0 rings (SSSR count). The van der Waals surface area contributed by atoms with Gasteiger partial charge >= 0.3 is 5.97 Å². The molecule has 0 heterocycles. The van der Waals surface area contributed by atoms with Crippen molar-refractivity contribution >= 4 is 17.7 Å². The highest BCUT2D eigenvalue weighted by Crippen LogP contribution is 2.31. The Bertz CT molecular complexity index is 173. The average molecular weight is 205 g/mol. The van der Waals surface area contributed by atoms with Crippen LogP contribution in [0.5, 0.6) is 0 Å². The maximum atomic E-state index is 11.0. The predicted molar refractivity (Wildman–Crippen MR) is 57.0 cm³/mol. The molecule has 78 valence electrons. The number of hydrogen-bond acceptors (Lipinski definition) is 3. The maximum Gasteiger partial charge on any atom is 0.319 e. The summed E-state index contributed by atoms with van der Waals surface area (Å²) in [4.78, 5) is 11.0. The molecule has 1 unspecified atom stereocenters. The fraction of sp³-hybridized carbons (Fsp3) is 0.889. The van der Waals surface area contributed by atoms with Gasteiger partial charge in [-0.05, 0) is 19.3 Å². The number of thioether (sulfide) groups is 1. The molecule has 0 aliphatic carbocycles. The van der Waals surface area contributed by atoms with E-state index in [-0.39, 0.29) is 0 Å². The molecule has 0 saturated carbocycles. The van der Waals surface area contributed by atoms with Crippen LogP contribution in [0.1, 0.15) is 27.2 Å². The maximum absolute atomic E-state index is 11.0. The fourth-order valence-corrected chi connectivity index (χ4v) is 2.41. The molecule has 3 nitrogen and oxygen atoms in total. The lowest BCUT2D eigenvalue weighted by Gasteiger charge is -2.25. The van der Waals surface area contributed by atoms with Crippen molar-refractivity contribution in [2.24, 2.45) is 11.7 Å². The Kier molecular flexibility index (Phi) is 5.40. The first-order valence-corrected chi connectivity index (χ1v) is 5.48. The zero-order chi connectivity index (χ0) is 10.5. The van der Waals surface area contributed by atoms with Gasteiger partial charge in [-0.15, -0.1) is 11.8 Å². The summed E-state index contributed by atoms with van der Waals surface area (Å²) in [6.45, 7) is 6.37. The summed E-state index contributed by atoms with van der Waals surface area (Å²) in [6, 6.07) is 0. The van der Waals surface area contributed by atoms with Crippen LogP contribution in [0.15, 0.2) is 0 Å². The summed E-state index contributed by atoms with van der Waals surface area (Å²) < 4.78 is -0.673. The topological polar surface area (TPSA) is 63.3 Å². The van der Waals surface area contributed by atoms with Gasteiger partial charge in [0.15, 0.2) is 0 Å². The molecule has 0 fully saturated rings. The van der Waals surface area contributed by atoms with E-state index in [9.17, 15) is 4.79 Å². The van der Waals surface area contributed by atoms with Crippen LogP contribution in [0.4, 0.5) is 0 Å². The van der Waals surface area contributed by atoms with Crippen molar-refractivity contribution in [1.82, 2.24) is 0 Å². The molecule has 1 atom stereocenters. The van der Waals surface area contributed by atoms with Gasteiger partial charge in [-0.25, -0.2) is 0 Å². The van der Waals surface area contributed by atoms with Crippen LogP contribution in [0, 0.1) is 5.92 Å². The summed E-state index contributed by atoms with van der Waals surface area (Å²) in [5, 5.41) is 9.05. The van der Waals surface area contributed by atoms with E-state index in [1.165, 1.54) is 11.8 Å². The zero-order valence-electron chi connectivity index (χ0n) is 8.54. The fourth-order valence-electron chi connectivity index (χ4n) is 1.27. The lowest BCUT2D eigenvalue weighted by Crippen LogP contribution is -2.34. The highest BCUT2D eigenvalue weighted by Gasteiger charge is 2.33. The van der Waals surface area contributed by atoms with E-state index in [0.717, 1.165) is 0 Å². The van der Waals surface area contributed by atoms with E-state index in [1.54, 1.807) is 6.92 Å². The average Bonchev–Trinajstić information content (AvgIpc) is 1.99. The van der Waals surface area contributed by atoms with Crippen LogP contribution in [0.3, 0.4) is 0 Å². The van der Waals surface area contributed by atoms with Gasteiger partial charge in [0.25, 0.3) is 0 Å². The van der Waals surface area contributed by atoms with Crippen molar-refractivity contribution in [1.29, 1.82) is 0 Å². The van der Waals surface area contributed by atoms with Gasteiger partial charge in [-0.3, -0.25) is 4.79 Å². The number of hydrogen-bond donors (Lipinski definition) is 2. The smallest absolute Gasteiger partial charge is 0.319 e. The predicted octanol–water partition coefficient (Wildman–Crippen LogP) is 1.57. The summed E-state index contributed by atoms with van der Waals surface area (Å²) in [5.41, 5.74) is 5.35. The van der Waals surface area contributed by atoms with Crippen LogP contribution in [-0.4, -0.2) is 28.1 Å². The molecule has 0 spiro atoms. The Labute approximate surface area is 84.1 Å². The van der Waals surface area contributed by atoms with E-state index >= 15 is 0 Å². The monoisotopic (exact) mass is 205 g/mol. The Morgan fingerprint density at radius 3 is 2.46 bits per heavy atom. The molecule has 0 aliphatic heterocycles. The van der Waals surface area contributed by atoms with E-state index in [2.05, 4.69) is 0 Å². The Balaban J connectivity index is 4.25. The minimum Gasteiger partial charge on any atom is -0.480 e. The molecule has 0 radical (unpaired) electrons. The van der Waals surface area contributed by atoms with Crippen LogP contribution < -0.4 is 5.73 Å². The number of carbonyl (C=O) groups is 1. The number of aliphatic carboxylic acids is 1. The normalized spacial score (nSPS) is 15.8. The van der Waals surface area contributed by atoms with E-state index in [0.29, 0.717) is 24.6 Å². The lowest BCUT2D eigenvalue weighted by atomic mass is 9.98. The first-order chi connectivity index (χ1) is 5.92. The molecule has 3 N–H and O–H groups in total. The number of nitrogens with two attached hydrogens (primary N) is 1. The molecule has 4 heteroatoms. The Morgan fingerprint density at radius 1 is 1.62 bits per heavy atom. The van der Waals surface area contributed by atoms with Crippen LogP contribution in [0.25, 0.3) is 0 Å². The number of carboxylic acids is 1. The molecule has 0 amide bonds. The highest BCUT2D eigenvalue weighted by molar-refractivity contribution is 8.01. The summed E-state index contributed by atoms with van der Waals surface area (Å²) in [6.07, 6.45) is 0.688. The van der Waals surface area contributed by atoms with E-state index < -0.39 is 10.7 Å². The van der Waals surface area contributed by atoms with Gasteiger partial charge in [0.1, 0.15) is 4.75 Å². The van der Waals surface area contributed by atoms with Crippen molar-refractivity contribution in [3.8, 4) is 0 Å². The summed E-state index contributed by atoms with van der Waals surface area (Å²) in [7, 11) is 0. The Hall–Kier alpha value is -0.220. The van der Waals surface area contributed by atoms with Gasteiger partial charge < -0.3 is 10.8 Å². The molecule has 0 aromatic carbocycles. The van der Waals surface area contributed by atoms with Crippen molar-refractivity contribution in [2.45, 2.75) is 31.9 Å². The van der Waals surface area contributed by atoms with Crippen LogP contribution in [-0.2, 0) is 4.79 Å². The van der Waals surface area contributed by atoms with Crippen LogP contribution in [0.2, 0.25) is 0 Å². The SMILES string of the molecule is CC(C)CC(C)(SCCN)C(=O)O. The molecular weight excluding hydrogens is 186 g/mol. The third-order valence-electron chi connectivity index (χ3n) is 1.79. The first-order valence-electron chi connectivity index (χ1n) is 4.50. The van der Waals surface area contributed by atoms with E-state index in [1.807, 2.05) is 13.8 Å². The molecule has 0 aromatic rings. The lowest BCUT2D eigenvalue weighted by molar-refractivity contribution is -0.139. The number of carboxylic acid groups (broad SMARTS) is 1. The molecule has 0 saturated heterocycles. The highest BCUT2D eigenvalue weighted by atomic mass is 32.2. The van der Waals surface area contributed by atoms with Crippen molar-refractivity contribution in [3.63, 3.8) is 0 Å². The molecule has 0 aromatic heterocycles. The van der Waals surface area contributed by atoms with Gasteiger partial charge in [0.05, 0.1) is 0 Å². The number of rotatable bonds is 6. The van der Waals surface area contributed by atoms with Gasteiger partial charge in [0, 0.05) is 12.3 Å². The van der Waals surface area contributed by atoms with Gasteiger partial charge in [-0.2, -0.15) is 0 Å². The molecule has 0 aliphatic rings. The molecular formula is C9H19NO2S. The zero-order valence-corrected chi connectivity index (χ0v) is 9.36.